The van der Waals surface area contributed by atoms with E-state index in [0.717, 1.165) is 0 Å². The van der Waals surface area contributed by atoms with Crippen LogP contribution in [0.1, 0.15) is 63.2 Å². The second kappa shape index (κ2) is 8.82. The van der Waals surface area contributed by atoms with Crippen LogP contribution in [0.4, 0.5) is 9.59 Å². The minimum Gasteiger partial charge on any atom is -0.444 e. The monoisotopic (exact) mass is 360 g/mol. The molecule has 0 aromatic carbocycles. The first-order chi connectivity index (χ1) is 11.2. The number of amides is 3. The maximum Gasteiger partial charge on any atom is 0.417 e. The Morgan fingerprint density at radius 3 is 1.92 bits per heavy atom. The normalized spacial score (nSPS) is 17.6. The van der Waals surface area contributed by atoms with Crippen molar-refractivity contribution in [3.05, 3.63) is 0 Å². The van der Waals surface area contributed by atoms with E-state index in [9.17, 15) is 19.2 Å². The molecular weight excluding hydrogens is 328 g/mol. The lowest BCUT2D eigenvalue weighted by Gasteiger charge is -2.23. The van der Waals surface area contributed by atoms with Crippen LogP contribution >= 0.6 is 0 Å². The topological polar surface area (TPSA) is 102 Å². The van der Waals surface area contributed by atoms with Gasteiger partial charge in [-0.15, -0.1) is 0 Å². The van der Waals surface area contributed by atoms with Gasteiger partial charge in [0.2, 0.25) is 0 Å². The van der Waals surface area contributed by atoms with Gasteiger partial charge in [-0.3, -0.25) is 9.59 Å². The number of likely N-dealkylation sites (tertiary alicyclic amines) is 1. The van der Waals surface area contributed by atoms with Gasteiger partial charge >= 0.3 is 12.2 Å². The molecule has 146 valence electrons. The van der Waals surface area contributed by atoms with Crippen molar-refractivity contribution in [3.63, 3.8) is 0 Å². The van der Waals surface area contributed by atoms with Gasteiger partial charge in [-0.2, -0.15) is 0 Å². The van der Waals surface area contributed by atoms with E-state index in [1.807, 2.05) is 0 Å². The van der Waals surface area contributed by atoms with Crippen LogP contribution in [0.15, 0.2) is 0 Å². The lowest BCUT2D eigenvalue weighted by atomic mass is 10.2. The number of ether oxygens (including phenoxy) is 2. The Hall–Kier alpha value is -2.12. The molecule has 25 heavy (non-hydrogen) atoms. The van der Waals surface area contributed by atoms with E-state index < -0.39 is 47.7 Å². The number of nitrogens with zero attached hydrogens (tertiary/aromatic N) is 1. The third kappa shape index (κ3) is 8.51. The molecule has 1 heterocycles. The van der Waals surface area contributed by atoms with Crippen molar-refractivity contribution in [2.45, 2.75) is 79.1 Å². The summed E-state index contributed by atoms with van der Waals surface area (Å²) in [5.41, 5.74) is -1.56. The Balaban J connectivity index is 0. The molecule has 0 radical (unpaired) electrons. The second-order valence-corrected chi connectivity index (χ2v) is 7.66. The second-order valence-electron chi connectivity index (χ2n) is 7.66. The summed E-state index contributed by atoms with van der Waals surface area (Å²) in [5.74, 6) is -1.42. The zero-order valence-electron chi connectivity index (χ0n) is 16.4. The van der Waals surface area contributed by atoms with Gasteiger partial charge in [0, 0.05) is 1.43 Å². The number of carbonyl (C=O) groups excluding carboxylic acids is 4. The highest BCUT2D eigenvalue weighted by Gasteiger charge is 2.45. The van der Waals surface area contributed by atoms with Crippen molar-refractivity contribution < 1.29 is 30.1 Å². The molecule has 1 N–H and O–H groups in total. The highest BCUT2D eigenvalue weighted by Crippen LogP contribution is 2.15. The van der Waals surface area contributed by atoms with E-state index in [1.165, 1.54) is 6.42 Å². The van der Waals surface area contributed by atoms with Gasteiger partial charge in [-0.05, 0) is 41.5 Å². The number of rotatable bonds is 1. The quantitative estimate of drug-likeness (QED) is 0.721. The molecule has 0 aromatic heterocycles. The lowest BCUT2D eigenvalue weighted by molar-refractivity contribution is -0.129. The fourth-order valence-electron chi connectivity index (χ4n) is 1.66. The van der Waals surface area contributed by atoms with Gasteiger partial charge in [-0.1, -0.05) is 20.3 Å². The summed E-state index contributed by atoms with van der Waals surface area (Å²) >= 11 is 0. The van der Waals surface area contributed by atoms with Gasteiger partial charge in [0.05, 0.1) is 6.54 Å². The number of alkyl carbamates (subject to hydrolysis) is 1. The molecular formula is C17H32N2O6. The first-order valence-corrected chi connectivity index (χ1v) is 8.28. The average molecular weight is 360 g/mol. The molecule has 8 heteroatoms. The summed E-state index contributed by atoms with van der Waals surface area (Å²) in [6.07, 6.45) is -0.565. The molecule has 1 unspecified atom stereocenters. The Morgan fingerprint density at radius 1 is 1.08 bits per heavy atom. The van der Waals surface area contributed by atoms with Crippen molar-refractivity contribution >= 4 is 23.9 Å². The molecule has 0 saturated carbocycles. The molecule has 0 aromatic rings. The van der Waals surface area contributed by atoms with Gasteiger partial charge in [0.25, 0.3) is 5.91 Å². The summed E-state index contributed by atoms with van der Waals surface area (Å²) in [5, 5.41) is 2.17. The van der Waals surface area contributed by atoms with Crippen LogP contribution in [0.2, 0.25) is 0 Å². The van der Waals surface area contributed by atoms with Gasteiger partial charge < -0.3 is 14.8 Å². The summed E-state index contributed by atoms with van der Waals surface area (Å²) < 4.78 is 10.0. The van der Waals surface area contributed by atoms with E-state index in [-0.39, 0.29) is 1.43 Å². The zero-order valence-corrected chi connectivity index (χ0v) is 16.4. The highest BCUT2D eigenvalue weighted by atomic mass is 16.6. The van der Waals surface area contributed by atoms with E-state index >= 15 is 0 Å². The summed E-state index contributed by atoms with van der Waals surface area (Å²) in [6.45, 7) is 13.7. The van der Waals surface area contributed by atoms with E-state index in [1.54, 1.807) is 41.5 Å². The molecule has 1 aliphatic heterocycles. The number of hydrogen-bond donors (Lipinski definition) is 1. The number of nitrogens with one attached hydrogen (secondary N) is 1. The molecule has 3 amide bonds. The van der Waals surface area contributed by atoms with Crippen LogP contribution in [-0.2, 0) is 19.1 Å². The maximum atomic E-state index is 12.1. The maximum absolute atomic E-state index is 12.1. The standard InChI is InChI=1S/C14H22N2O6.C3H8.H2/c1-13(2,3)21-11(19)15-9-8(17)7-16(10(9)18)12(20)22-14(4,5)6;1-3-2;/h9H,7H2,1-6H3,(H,15,19);3H2,1-2H3;1H. The zero-order chi connectivity index (χ0) is 20.0. The molecule has 1 rings (SSSR count). The predicted molar refractivity (Wildman–Crippen MR) is 94.2 cm³/mol. The molecule has 0 bridgehead atoms. The van der Waals surface area contributed by atoms with Crippen molar-refractivity contribution in [1.29, 1.82) is 0 Å². The Bertz CT molecular complexity index is 522. The molecule has 1 aliphatic rings. The van der Waals surface area contributed by atoms with Crippen molar-refractivity contribution in [2.24, 2.45) is 0 Å². The highest BCUT2D eigenvalue weighted by molar-refractivity contribution is 6.18. The van der Waals surface area contributed by atoms with Crippen molar-refractivity contribution in [1.82, 2.24) is 10.2 Å². The van der Waals surface area contributed by atoms with E-state index in [0.29, 0.717) is 4.90 Å². The Kier molecular flexibility index (Phi) is 8.08. The van der Waals surface area contributed by atoms with Crippen LogP contribution in [0.25, 0.3) is 0 Å². The first kappa shape index (κ1) is 22.9. The molecule has 1 fully saturated rings. The molecule has 1 atom stereocenters. The predicted octanol–water partition coefficient (Wildman–Crippen LogP) is 2.89. The van der Waals surface area contributed by atoms with Gasteiger partial charge in [0.1, 0.15) is 11.2 Å². The minimum atomic E-state index is -1.43. The smallest absolute Gasteiger partial charge is 0.417 e. The molecule has 1 saturated heterocycles. The fourth-order valence-corrected chi connectivity index (χ4v) is 1.66. The third-order valence-electron chi connectivity index (χ3n) is 2.42. The third-order valence-corrected chi connectivity index (χ3v) is 2.42. The number of hydrogen-bond acceptors (Lipinski definition) is 6. The van der Waals surface area contributed by atoms with Gasteiger partial charge in [0.15, 0.2) is 11.8 Å². The van der Waals surface area contributed by atoms with Crippen LogP contribution in [-0.4, -0.2) is 52.6 Å². The summed E-state index contributed by atoms with van der Waals surface area (Å²) in [7, 11) is 0. The molecule has 0 aliphatic carbocycles. The van der Waals surface area contributed by atoms with E-state index in [2.05, 4.69) is 19.2 Å². The van der Waals surface area contributed by atoms with Gasteiger partial charge in [-0.25, -0.2) is 14.5 Å². The summed E-state index contributed by atoms with van der Waals surface area (Å²) in [6, 6.07) is -1.43. The van der Waals surface area contributed by atoms with E-state index in [4.69, 9.17) is 9.47 Å². The summed E-state index contributed by atoms with van der Waals surface area (Å²) in [4.78, 5) is 48.1. The van der Waals surface area contributed by atoms with Crippen molar-refractivity contribution in [2.75, 3.05) is 6.54 Å². The first-order valence-electron chi connectivity index (χ1n) is 8.28. The van der Waals surface area contributed by atoms with Crippen LogP contribution in [0, 0.1) is 0 Å². The molecule has 0 spiro atoms. The fraction of sp³-hybridized carbons (Fsp3) is 0.765. The number of imide groups is 1. The number of Topliss-reactive ketones (excluding diaryl/α,β-unsaturated/α-hetero) is 1. The Labute approximate surface area is 150 Å². The van der Waals surface area contributed by atoms with Crippen LogP contribution in [0.3, 0.4) is 0 Å². The minimum absolute atomic E-state index is 0. The largest absolute Gasteiger partial charge is 0.444 e. The van der Waals surface area contributed by atoms with Crippen molar-refractivity contribution in [3.8, 4) is 0 Å². The number of ketones is 1. The lowest BCUT2D eigenvalue weighted by Crippen LogP contribution is -2.47. The number of carbonyl (C=O) groups is 4. The van der Waals surface area contributed by atoms with Crippen LogP contribution in [0.5, 0.6) is 0 Å². The van der Waals surface area contributed by atoms with Crippen LogP contribution < -0.4 is 5.32 Å². The molecule has 8 nitrogen and oxygen atoms in total. The average Bonchev–Trinajstić information content (AvgIpc) is 2.63. The Morgan fingerprint density at radius 2 is 1.52 bits per heavy atom. The SMILES string of the molecule is CC(C)(C)OC(=O)NC1C(=O)CN(C(=O)OC(C)(C)C)C1=O.CCC.[HH].